The van der Waals surface area contributed by atoms with Gasteiger partial charge in [0.2, 0.25) is 0 Å². The predicted molar refractivity (Wildman–Crippen MR) is 147 cm³/mol. The van der Waals surface area contributed by atoms with E-state index < -0.39 is 5.60 Å². The second kappa shape index (κ2) is 9.77. The molecule has 1 aromatic heterocycles. The Kier molecular flexibility index (Phi) is 6.76. The summed E-state index contributed by atoms with van der Waals surface area (Å²) in [6.07, 6.45) is 7.04. The average Bonchev–Trinajstić information content (AvgIpc) is 3.41. The van der Waals surface area contributed by atoms with Crippen LogP contribution in [0.3, 0.4) is 0 Å². The number of aromatic nitrogens is 1. The van der Waals surface area contributed by atoms with Gasteiger partial charge in [-0.1, -0.05) is 12.1 Å². The molecule has 2 aliphatic heterocycles. The Labute approximate surface area is 224 Å². The molecule has 0 amide bonds. The number of carbonyl (C=O) groups is 2. The highest BCUT2D eigenvalue weighted by Crippen LogP contribution is 2.52. The lowest BCUT2D eigenvalue weighted by molar-refractivity contribution is 0.0423. The van der Waals surface area contributed by atoms with E-state index in [-0.39, 0.29) is 17.6 Å². The van der Waals surface area contributed by atoms with Crippen LogP contribution >= 0.6 is 0 Å². The summed E-state index contributed by atoms with van der Waals surface area (Å²) < 4.78 is 18.1. The molecule has 7 nitrogen and oxygen atoms in total. The summed E-state index contributed by atoms with van der Waals surface area (Å²) in [6.45, 7) is 8.34. The lowest BCUT2D eigenvalue weighted by Crippen LogP contribution is -2.47. The van der Waals surface area contributed by atoms with Gasteiger partial charge in [0.1, 0.15) is 11.4 Å². The molecular formula is C31H38N2O5. The summed E-state index contributed by atoms with van der Waals surface area (Å²) >= 11 is 0. The van der Waals surface area contributed by atoms with Crippen LogP contribution in [0, 0.1) is 6.92 Å². The zero-order valence-corrected chi connectivity index (χ0v) is 23.3. The second-order valence-electron chi connectivity index (χ2n) is 11.6. The first-order valence-corrected chi connectivity index (χ1v) is 13.4. The highest BCUT2D eigenvalue weighted by atomic mass is 16.6. The van der Waals surface area contributed by atoms with Crippen LogP contribution in [0.25, 0.3) is 10.9 Å². The van der Waals surface area contributed by atoms with Gasteiger partial charge in [-0.25, -0.2) is 9.59 Å². The minimum atomic E-state index is -0.584. The van der Waals surface area contributed by atoms with E-state index in [1.54, 1.807) is 17.9 Å². The van der Waals surface area contributed by atoms with E-state index in [1.807, 2.05) is 52.0 Å². The Bertz CT molecular complexity index is 1360. The van der Waals surface area contributed by atoms with Gasteiger partial charge in [0.05, 0.1) is 25.3 Å². The number of piperidine rings is 1. The Morgan fingerprint density at radius 3 is 2.45 bits per heavy atom. The van der Waals surface area contributed by atoms with Crippen molar-refractivity contribution in [3.63, 3.8) is 0 Å². The molecule has 0 spiro atoms. The van der Waals surface area contributed by atoms with Gasteiger partial charge in [0, 0.05) is 35.3 Å². The van der Waals surface area contributed by atoms with Crippen molar-refractivity contribution >= 4 is 23.0 Å². The van der Waals surface area contributed by atoms with Crippen molar-refractivity contribution in [1.82, 2.24) is 9.47 Å². The Balaban J connectivity index is 1.56. The van der Waals surface area contributed by atoms with Gasteiger partial charge in [0.15, 0.2) is 0 Å². The maximum Gasteiger partial charge on any atom is 0.419 e. The molecular weight excluding hydrogens is 480 g/mol. The number of aryl methyl sites for hydroxylation is 1. The molecule has 202 valence electrons. The molecule has 2 unspecified atom stereocenters. The zero-order chi connectivity index (χ0) is 27.2. The van der Waals surface area contributed by atoms with Crippen LogP contribution in [0.1, 0.15) is 79.9 Å². The number of fused-ring (bicyclic) bond motifs is 3. The van der Waals surface area contributed by atoms with Gasteiger partial charge in [-0.3, -0.25) is 9.47 Å². The Morgan fingerprint density at radius 1 is 1.05 bits per heavy atom. The fraction of sp³-hybridized carbons (Fsp3) is 0.484. The molecule has 7 heteroatoms. The van der Waals surface area contributed by atoms with Crippen molar-refractivity contribution < 1.29 is 23.8 Å². The molecule has 2 aliphatic rings. The van der Waals surface area contributed by atoms with E-state index in [0.29, 0.717) is 18.2 Å². The van der Waals surface area contributed by atoms with Crippen LogP contribution in [0.4, 0.5) is 4.79 Å². The van der Waals surface area contributed by atoms with Gasteiger partial charge in [-0.2, -0.15) is 0 Å². The summed E-state index contributed by atoms with van der Waals surface area (Å²) in [5, 5.41) is 1.01. The van der Waals surface area contributed by atoms with Crippen LogP contribution in [0.15, 0.2) is 42.6 Å². The third-order valence-corrected chi connectivity index (χ3v) is 8.22. The zero-order valence-electron chi connectivity index (χ0n) is 23.3. The molecule has 5 rings (SSSR count). The third-order valence-electron chi connectivity index (χ3n) is 8.22. The lowest BCUT2D eigenvalue weighted by Gasteiger charge is -2.46. The first-order valence-electron chi connectivity index (χ1n) is 13.4. The quantitative estimate of drug-likeness (QED) is 0.356. The molecule has 0 aliphatic carbocycles. The second-order valence-corrected chi connectivity index (χ2v) is 11.6. The van der Waals surface area contributed by atoms with E-state index in [4.69, 9.17) is 14.2 Å². The van der Waals surface area contributed by atoms with E-state index >= 15 is 0 Å². The van der Waals surface area contributed by atoms with Crippen LogP contribution < -0.4 is 4.74 Å². The van der Waals surface area contributed by atoms with Crippen LogP contribution in [-0.4, -0.2) is 47.4 Å². The molecule has 0 radical (unpaired) electrons. The topological polar surface area (TPSA) is 70.0 Å². The summed E-state index contributed by atoms with van der Waals surface area (Å²) in [5.74, 6) is 0.512. The molecule has 0 saturated carbocycles. The molecule has 2 atom stereocenters. The maximum atomic E-state index is 13.1. The molecule has 2 bridgehead atoms. The normalized spacial score (nSPS) is 21.5. The van der Waals surface area contributed by atoms with Crippen molar-refractivity contribution in [3.8, 4) is 5.75 Å². The van der Waals surface area contributed by atoms with Crippen LogP contribution in [-0.2, 0) is 21.6 Å². The number of benzene rings is 2. The van der Waals surface area contributed by atoms with Crippen molar-refractivity contribution in [1.29, 1.82) is 0 Å². The summed E-state index contributed by atoms with van der Waals surface area (Å²) in [6, 6.07) is 12.4. The molecule has 2 saturated heterocycles. The van der Waals surface area contributed by atoms with Crippen molar-refractivity contribution in [2.24, 2.45) is 0 Å². The number of hydrogen-bond donors (Lipinski definition) is 0. The minimum Gasteiger partial charge on any atom is -0.496 e. The number of nitrogens with zero attached hydrogens (tertiary/aromatic N) is 2. The first kappa shape index (κ1) is 26.3. The molecule has 2 aromatic carbocycles. The van der Waals surface area contributed by atoms with Gasteiger partial charge in [0.25, 0.3) is 0 Å². The first-order chi connectivity index (χ1) is 18.1. The van der Waals surface area contributed by atoms with Gasteiger partial charge >= 0.3 is 12.1 Å². The van der Waals surface area contributed by atoms with E-state index in [2.05, 4.69) is 17.0 Å². The smallest absolute Gasteiger partial charge is 0.419 e. The number of hydrogen-bond acceptors (Lipinski definition) is 6. The average molecular weight is 519 g/mol. The van der Waals surface area contributed by atoms with E-state index in [1.165, 1.54) is 19.1 Å². The van der Waals surface area contributed by atoms with Crippen LogP contribution in [0.5, 0.6) is 5.75 Å². The SMILES string of the molecule is COC(=O)c1ccc(C23CCCC(CC2)N3Cc2c(OC)cc(C)c3c2ccn3C(=O)OC(C)(C)C)cc1. The fourth-order valence-corrected chi connectivity index (χ4v) is 6.56. The summed E-state index contributed by atoms with van der Waals surface area (Å²) in [7, 11) is 3.12. The summed E-state index contributed by atoms with van der Waals surface area (Å²) in [4.78, 5) is 27.7. The summed E-state index contributed by atoms with van der Waals surface area (Å²) in [5.41, 5.74) is 4.02. The van der Waals surface area contributed by atoms with Gasteiger partial charge in [-0.15, -0.1) is 0 Å². The maximum absolute atomic E-state index is 13.1. The Morgan fingerprint density at radius 2 is 1.79 bits per heavy atom. The number of carbonyl (C=O) groups excluding carboxylic acids is 2. The number of methoxy groups -OCH3 is 2. The Hall–Kier alpha value is -3.32. The minimum absolute atomic E-state index is 0.104. The van der Waals surface area contributed by atoms with Crippen molar-refractivity contribution in [2.45, 2.75) is 83.5 Å². The third kappa shape index (κ3) is 4.47. The molecule has 38 heavy (non-hydrogen) atoms. The van der Waals surface area contributed by atoms with E-state index in [9.17, 15) is 9.59 Å². The lowest BCUT2D eigenvalue weighted by atomic mass is 9.81. The fourth-order valence-electron chi connectivity index (χ4n) is 6.56. The van der Waals surface area contributed by atoms with Gasteiger partial charge in [-0.05, 0) is 95.2 Å². The standard InChI is InChI=1S/C31H38N2O5/c1-20-18-26(36-5)25(24-14-17-32(27(20)24)29(35)38-30(2,3)4)19-33-23-8-7-15-31(33,16-13-23)22-11-9-21(10-12-22)28(34)37-6/h9-12,14,17-18,23H,7-8,13,15-16,19H2,1-6H3. The predicted octanol–water partition coefficient (Wildman–Crippen LogP) is 6.57. The molecule has 3 aromatic rings. The van der Waals surface area contributed by atoms with E-state index in [0.717, 1.165) is 53.5 Å². The largest absolute Gasteiger partial charge is 0.496 e. The van der Waals surface area contributed by atoms with Gasteiger partial charge < -0.3 is 14.2 Å². The molecule has 2 fully saturated rings. The molecule has 0 N–H and O–H groups in total. The van der Waals surface area contributed by atoms with Crippen LogP contribution in [0.2, 0.25) is 0 Å². The monoisotopic (exact) mass is 518 g/mol. The molecule has 3 heterocycles. The number of rotatable bonds is 5. The van der Waals surface area contributed by atoms with Crippen molar-refractivity contribution in [3.05, 3.63) is 64.8 Å². The number of ether oxygens (including phenoxy) is 3. The van der Waals surface area contributed by atoms with Crippen molar-refractivity contribution in [2.75, 3.05) is 14.2 Å². The highest BCUT2D eigenvalue weighted by Gasteiger charge is 2.49. The number of esters is 1. The highest BCUT2D eigenvalue weighted by molar-refractivity contribution is 5.95.